The molecule has 4 unspecified atom stereocenters. The highest BCUT2D eigenvalue weighted by Gasteiger charge is 2.58. The summed E-state index contributed by atoms with van der Waals surface area (Å²) in [6.45, 7) is 0.742. The van der Waals surface area contributed by atoms with Gasteiger partial charge in [0, 0.05) is 25.0 Å². The average molecular weight is 346 g/mol. The summed E-state index contributed by atoms with van der Waals surface area (Å²) in [4.78, 5) is 42.5. The number of nitrogens with two attached hydrogens (primary N) is 1. The largest absolute Gasteiger partial charge is 0.349 e. The molecule has 2 heterocycles. The van der Waals surface area contributed by atoms with Crippen LogP contribution in [0.4, 0.5) is 0 Å². The molecule has 0 spiro atoms. The highest BCUT2D eigenvalue weighted by atomic mass is 32.1. The maximum absolute atomic E-state index is 12.5. The zero-order chi connectivity index (χ0) is 16.8. The van der Waals surface area contributed by atoms with Crippen LogP contribution in [-0.2, 0) is 16.1 Å². The Morgan fingerprint density at radius 3 is 2.54 bits per heavy atom. The standard InChI is InChI=1S/C16H18N4O3S/c17-6-11-19-10(7-24-11)14(21)18-3-4-20-15(22)12-8-1-2-9(5-8)13(12)16(20)23/h1-2,7-9,12-13H,3-6,17H2,(H,18,21). The Hall–Kier alpha value is -2.06. The summed E-state index contributed by atoms with van der Waals surface area (Å²) in [6.07, 6.45) is 5.06. The minimum absolute atomic E-state index is 0.0878. The van der Waals surface area contributed by atoms with Crippen LogP contribution in [0.15, 0.2) is 17.5 Å². The topological polar surface area (TPSA) is 105 Å². The van der Waals surface area contributed by atoms with Crippen LogP contribution in [0.25, 0.3) is 0 Å². The first-order valence-electron chi connectivity index (χ1n) is 8.06. The van der Waals surface area contributed by atoms with Crippen molar-refractivity contribution in [1.29, 1.82) is 0 Å². The molecule has 4 atom stereocenters. The van der Waals surface area contributed by atoms with Gasteiger partial charge in [0.25, 0.3) is 5.91 Å². The van der Waals surface area contributed by atoms with Crippen molar-refractivity contribution in [2.24, 2.45) is 29.4 Å². The zero-order valence-corrected chi connectivity index (χ0v) is 13.8. The van der Waals surface area contributed by atoms with Crippen molar-refractivity contribution >= 4 is 29.1 Å². The molecule has 1 saturated heterocycles. The number of fused-ring (bicyclic) bond motifs is 5. The van der Waals surface area contributed by atoms with E-state index < -0.39 is 0 Å². The molecule has 2 bridgehead atoms. The Balaban J connectivity index is 1.34. The number of amides is 3. The molecular formula is C16H18N4O3S. The lowest BCUT2D eigenvalue weighted by molar-refractivity contribution is -0.140. The van der Waals surface area contributed by atoms with Gasteiger partial charge < -0.3 is 11.1 Å². The predicted molar refractivity (Wildman–Crippen MR) is 86.8 cm³/mol. The Labute approximate surface area is 142 Å². The second-order valence-electron chi connectivity index (χ2n) is 6.41. The van der Waals surface area contributed by atoms with E-state index in [4.69, 9.17) is 5.73 Å². The minimum atomic E-state index is -0.313. The molecule has 8 heteroatoms. The van der Waals surface area contributed by atoms with Gasteiger partial charge in [-0.25, -0.2) is 4.98 Å². The maximum atomic E-state index is 12.5. The molecule has 4 rings (SSSR count). The van der Waals surface area contributed by atoms with E-state index in [1.54, 1.807) is 5.38 Å². The lowest BCUT2D eigenvalue weighted by atomic mass is 9.85. The number of carbonyl (C=O) groups excluding carboxylic acids is 3. The van der Waals surface area contributed by atoms with Crippen molar-refractivity contribution in [1.82, 2.24) is 15.2 Å². The first-order chi connectivity index (χ1) is 11.6. The molecule has 2 aliphatic carbocycles. The van der Waals surface area contributed by atoms with E-state index in [0.29, 0.717) is 17.2 Å². The van der Waals surface area contributed by atoms with Crippen LogP contribution < -0.4 is 11.1 Å². The molecule has 0 radical (unpaired) electrons. The van der Waals surface area contributed by atoms with E-state index in [1.807, 2.05) is 0 Å². The number of carbonyl (C=O) groups is 3. The van der Waals surface area contributed by atoms with Crippen molar-refractivity contribution in [3.05, 3.63) is 28.2 Å². The highest BCUT2D eigenvalue weighted by molar-refractivity contribution is 7.09. The van der Waals surface area contributed by atoms with E-state index >= 15 is 0 Å². The van der Waals surface area contributed by atoms with E-state index in [2.05, 4.69) is 22.5 Å². The van der Waals surface area contributed by atoms with Crippen LogP contribution in [0.3, 0.4) is 0 Å². The number of hydrogen-bond acceptors (Lipinski definition) is 6. The molecule has 1 aliphatic heterocycles. The fourth-order valence-electron chi connectivity index (χ4n) is 4.07. The first kappa shape index (κ1) is 15.5. The van der Waals surface area contributed by atoms with Gasteiger partial charge in [-0.15, -0.1) is 11.3 Å². The van der Waals surface area contributed by atoms with Crippen LogP contribution in [0.5, 0.6) is 0 Å². The Kier molecular flexibility index (Phi) is 3.73. The lowest BCUT2D eigenvalue weighted by Gasteiger charge is -2.17. The van der Waals surface area contributed by atoms with Crippen molar-refractivity contribution < 1.29 is 14.4 Å². The van der Waals surface area contributed by atoms with Crippen molar-refractivity contribution in [2.45, 2.75) is 13.0 Å². The summed E-state index contributed by atoms with van der Waals surface area (Å²) in [5.41, 5.74) is 5.80. The second-order valence-corrected chi connectivity index (χ2v) is 7.36. The smallest absolute Gasteiger partial charge is 0.270 e. The van der Waals surface area contributed by atoms with Gasteiger partial charge >= 0.3 is 0 Å². The molecule has 126 valence electrons. The van der Waals surface area contributed by atoms with E-state index in [1.165, 1.54) is 16.2 Å². The zero-order valence-electron chi connectivity index (χ0n) is 13.0. The Bertz CT molecular complexity index is 713. The highest BCUT2D eigenvalue weighted by Crippen LogP contribution is 2.52. The minimum Gasteiger partial charge on any atom is -0.349 e. The van der Waals surface area contributed by atoms with E-state index in [0.717, 1.165) is 6.42 Å². The third-order valence-electron chi connectivity index (χ3n) is 5.14. The maximum Gasteiger partial charge on any atom is 0.270 e. The molecule has 3 amide bonds. The average Bonchev–Trinajstić information content (AvgIpc) is 3.34. The molecule has 7 nitrogen and oxygen atoms in total. The van der Waals surface area contributed by atoms with Crippen molar-refractivity contribution in [2.75, 3.05) is 13.1 Å². The number of rotatable bonds is 5. The molecule has 2 fully saturated rings. The third-order valence-corrected chi connectivity index (χ3v) is 6.01. The molecule has 1 aromatic heterocycles. The second kappa shape index (κ2) is 5.78. The predicted octanol–water partition coefficient (Wildman–Crippen LogP) is 0.139. The van der Waals surface area contributed by atoms with Gasteiger partial charge in [0.2, 0.25) is 11.8 Å². The van der Waals surface area contributed by atoms with Gasteiger partial charge in [0.05, 0.1) is 11.8 Å². The molecule has 0 aromatic carbocycles. The van der Waals surface area contributed by atoms with Gasteiger partial charge in [0.15, 0.2) is 0 Å². The fraction of sp³-hybridized carbons (Fsp3) is 0.500. The number of aromatic nitrogens is 1. The van der Waals surface area contributed by atoms with Gasteiger partial charge in [-0.3, -0.25) is 19.3 Å². The quantitative estimate of drug-likeness (QED) is 0.583. The monoisotopic (exact) mass is 346 g/mol. The Morgan fingerprint density at radius 2 is 1.96 bits per heavy atom. The number of nitrogens with zero attached hydrogens (tertiary/aromatic N) is 2. The first-order valence-corrected chi connectivity index (χ1v) is 8.94. The molecule has 3 aliphatic rings. The van der Waals surface area contributed by atoms with Crippen LogP contribution >= 0.6 is 11.3 Å². The van der Waals surface area contributed by atoms with Crippen LogP contribution in [0, 0.1) is 23.7 Å². The molecule has 24 heavy (non-hydrogen) atoms. The van der Waals surface area contributed by atoms with Crippen molar-refractivity contribution in [3.8, 4) is 0 Å². The SMILES string of the molecule is NCc1nc(C(=O)NCCN2C(=O)C3C4C=CC(C4)C3C2=O)cs1. The van der Waals surface area contributed by atoms with Gasteiger partial charge in [-0.05, 0) is 18.3 Å². The third kappa shape index (κ3) is 2.29. The summed E-state index contributed by atoms with van der Waals surface area (Å²) >= 11 is 1.33. The number of thiazole rings is 1. The van der Waals surface area contributed by atoms with Crippen LogP contribution in [-0.4, -0.2) is 40.7 Å². The summed E-state index contributed by atoms with van der Waals surface area (Å²) in [5.74, 6) is -0.443. The van der Waals surface area contributed by atoms with Gasteiger partial charge in [-0.2, -0.15) is 0 Å². The van der Waals surface area contributed by atoms with Crippen LogP contribution in [0.1, 0.15) is 21.9 Å². The van der Waals surface area contributed by atoms with Gasteiger partial charge in [-0.1, -0.05) is 12.2 Å². The fourth-order valence-corrected chi connectivity index (χ4v) is 4.72. The molecule has 3 N–H and O–H groups in total. The summed E-state index contributed by atoms with van der Waals surface area (Å²) in [7, 11) is 0. The number of likely N-dealkylation sites (tertiary alicyclic amines) is 1. The molecule has 1 aromatic rings. The molecular weight excluding hydrogens is 328 g/mol. The summed E-state index contributed by atoms with van der Waals surface area (Å²) in [6, 6.07) is 0. The molecule has 1 saturated carbocycles. The normalized spacial score (nSPS) is 30.3. The Morgan fingerprint density at radius 1 is 1.29 bits per heavy atom. The van der Waals surface area contributed by atoms with Crippen molar-refractivity contribution in [3.63, 3.8) is 0 Å². The van der Waals surface area contributed by atoms with E-state index in [-0.39, 0.29) is 54.5 Å². The number of imide groups is 1. The summed E-state index contributed by atoms with van der Waals surface area (Å²) < 4.78 is 0. The lowest BCUT2D eigenvalue weighted by Crippen LogP contribution is -2.39. The van der Waals surface area contributed by atoms with E-state index in [9.17, 15) is 14.4 Å². The number of hydrogen-bond donors (Lipinski definition) is 2. The summed E-state index contributed by atoms with van der Waals surface area (Å²) in [5, 5.41) is 5.06. The number of allylic oxidation sites excluding steroid dienone is 2. The van der Waals surface area contributed by atoms with Gasteiger partial charge in [0.1, 0.15) is 10.7 Å². The van der Waals surface area contributed by atoms with Crippen LogP contribution in [0.2, 0.25) is 0 Å². The number of nitrogens with one attached hydrogen (secondary N) is 1.